The maximum atomic E-state index is 11.2. The van der Waals surface area contributed by atoms with Gasteiger partial charge in [-0.05, 0) is 50.9 Å². The zero-order valence-electron chi connectivity index (χ0n) is 13.6. The standard InChI is InChI=1S/C16H26N2O3S/c1-13-5-4-6-14(2)16(13)21-12-11-18-9-7-15(8-10-18)17-22(3,19)20/h4-6,15,17H,7-12H2,1-3H3. The van der Waals surface area contributed by atoms with Crippen molar-refractivity contribution in [2.75, 3.05) is 32.5 Å². The van der Waals surface area contributed by atoms with Crippen LogP contribution in [0.25, 0.3) is 0 Å². The van der Waals surface area contributed by atoms with E-state index in [1.54, 1.807) is 0 Å². The largest absolute Gasteiger partial charge is 0.492 e. The average molecular weight is 326 g/mol. The summed E-state index contributed by atoms with van der Waals surface area (Å²) in [6.07, 6.45) is 2.94. The third kappa shape index (κ3) is 5.26. The fourth-order valence-electron chi connectivity index (χ4n) is 2.88. The van der Waals surface area contributed by atoms with Crippen molar-refractivity contribution in [2.45, 2.75) is 32.7 Å². The number of aryl methyl sites for hydroxylation is 2. The van der Waals surface area contributed by atoms with E-state index in [-0.39, 0.29) is 6.04 Å². The Morgan fingerprint density at radius 1 is 1.23 bits per heavy atom. The van der Waals surface area contributed by atoms with Crippen LogP contribution in [0.3, 0.4) is 0 Å². The molecule has 0 aliphatic carbocycles. The summed E-state index contributed by atoms with van der Waals surface area (Å²) in [6, 6.07) is 6.23. The molecule has 124 valence electrons. The van der Waals surface area contributed by atoms with E-state index in [2.05, 4.69) is 35.6 Å². The lowest BCUT2D eigenvalue weighted by molar-refractivity contribution is 0.170. The van der Waals surface area contributed by atoms with Gasteiger partial charge in [-0.2, -0.15) is 0 Å². The molecule has 5 nitrogen and oxygen atoms in total. The first-order valence-electron chi connectivity index (χ1n) is 7.74. The number of benzene rings is 1. The molecule has 0 saturated carbocycles. The molecule has 0 radical (unpaired) electrons. The molecule has 1 N–H and O–H groups in total. The predicted molar refractivity (Wildman–Crippen MR) is 88.9 cm³/mol. The molecule has 1 aromatic rings. The summed E-state index contributed by atoms with van der Waals surface area (Å²) < 4.78 is 31.1. The van der Waals surface area contributed by atoms with Crippen LogP contribution in [0.2, 0.25) is 0 Å². The minimum atomic E-state index is -3.10. The highest BCUT2D eigenvalue weighted by Gasteiger charge is 2.21. The van der Waals surface area contributed by atoms with Crippen molar-refractivity contribution in [3.63, 3.8) is 0 Å². The Morgan fingerprint density at radius 2 is 1.82 bits per heavy atom. The summed E-state index contributed by atoms with van der Waals surface area (Å²) in [5, 5.41) is 0. The van der Waals surface area contributed by atoms with Gasteiger partial charge in [0, 0.05) is 12.6 Å². The van der Waals surface area contributed by atoms with Crippen LogP contribution in [0.4, 0.5) is 0 Å². The smallest absolute Gasteiger partial charge is 0.208 e. The van der Waals surface area contributed by atoms with E-state index >= 15 is 0 Å². The minimum absolute atomic E-state index is 0.0748. The van der Waals surface area contributed by atoms with Gasteiger partial charge < -0.3 is 4.74 Å². The fraction of sp³-hybridized carbons (Fsp3) is 0.625. The number of para-hydroxylation sites is 1. The molecule has 2 rings (SSSR count). The lowest BCUT2D eigenvalue weighted by Crippen LogP contribution is -2.45. The lowest BCUT2D eigenvalue weighted by Gasteiger charge is -2.31. The SMILES string of the molecule is Cc1cccc(C)c1OCCN1CCC(NS(C)(=O)=O)CC1. The summed E-state index contributed by atoms with van der Waals surface area (Å²) in [5.41, 5.74) is 2.33. The van der Waals surface area contributed by atoms with E-state index in [4.69, 9.17) is 4.74 Å². The third-order valence-electron chi connectivity index (χ3n) is 4.03. The fourth-order valence-corrected chi connectivity index (χ4v) is 3.72. The number of nitrogens with one attached hydrogen (secondary N) is 1. The van der Waals surface area contributed by atoms with Crippen molar-refractivity contribution in [2.24, 2.45) is 0 Å². The Bertz CT molecular complexity index is 573. The molecule has 0 spiro atoms. The number of nitrogens with zero attached hydrogens (tertiary/aromatic N) is 1. The van der Waals surface area contributed by atoms with Gasteiger partial charge >= 0.3 is 0 Å². The molecule has 22 heavy (non-hydrogen) atoms. The highest BCUT2D eigenvalue weighted by atomic mass is 32.2. The Hall–Kier alpha value is -1.11. The normalized spacial score (nSPS) is 17.6. The Kier molecular flexibility index (Phi) is 5.83. The van der Waals surface area contributed by atoms with Gasteiger partial charge in [-0.25, -0.2) is 13.1 Å². The van der Waals surface area contributed by atoms with Crippen LogP contribution in [-0.2, 0) is 10.0 Å². The molecule has 1 heterocycles. The molecule has 0 bridgehead atoms. The highest BCUT2D eigenvalue weighted by Crippen LogP contribution is 2.22. The van der Waals surface area contributed by atoms with Gasteiger partial charge in [0.2, 0.25) is 10.0 Å². The molecule has 1 aliphatic heterocycles. The van der Waals surface area contributed by atoms with E-state index in [1.165, 1.54) is 6.26 Å². The monoisotopic (exact) mass is 326 g/mol. The van der Waals surface area contributed by atoms with E-state index in [0.717, 1.165) is 49.4 Å². The summed E-state index contributed by atoms with van der Waals surface area (Å²) >= 11 is 0. The van der Waals surface area contributed by atoms with Crippen LogP contribution in [0.15, 0.2) is 18.2 Å². The summed E-state index contributed by atoms with van der Waals surface area (Å²) in [5.74, 6) is 0.983. The van der Waals surface area contributed by atoms with E-state index in [1.807, 2.05) is 6.07 Å². The number of likely N-dealkylation sites (tertiary alicyclic amines) is 1. The van der Waals surface area contributed by atoms with Crippen molar-refractivity contribution >= 4 is 10.0 Å². The second kappa shape index (κ2) is 7.44. The van der Waals surface area contributed by atoms with Gasteiger partial charge in [0.25, 0.3) is 0 Å². The number of piperidine rings is 1. The van der Waals surface area contributed by atoms with Crippen molar-refractivity contribution < 1.29 is 13.2 Å². The van der Waals surface area contributed by atoms with Crippen LogP contribution < -0.4 is 9.46 Å². The quantitative estimate of drug-likeness (QED) is 0.864. The molecule has 1 aromatic carbocycles. The summed E-state index contributed by atoms with van der Waals surface area (Å²) in [6.45, 7) is 7.47. The second-order valence-corrected chi connectivity index (χ2v) is 7.86. The van der Waals surface area contributed by atoms with Crippen LogP contribution >= 0.6 is 0 Å². The first kappa shape index (κ1) is 17.2. The van der Waals surface area contributed by atoms with E-state index < -0.39 is 10.0 Å². The number of sulfonamides is 1. The Labute approximate surface area is 133 Å². The molecule has 1 aliphatic rings. The average Bonchev–Trinajstić information content (AvgIpc) is 2.42. The van der Waals surface area contributed by atoms with Gasteiger partial charge in [0.05, 0.1) is 6.26 Å². The Morgan fingerprint density at radius 3 is 2.36 bits per heavy atom. The topological polar surface area (TPSA) is 58.6 Å². The zero-order chi connectivity index (χ0) is 16.2. The van der Waals surface area contributed by atoms with Crippen LogP contribution in [0, 0.1) is 13.8 Å². The van der Waals surface area contributed by atoms with Crippen molar-refractivity contribution in [3.05, 3.63) is 29.3 Å². The predicted octanol–water partition coefficient (Wildman–Crippen LogP) is 1.70. The maximum absolute atomic E-state index is 11.2. The second-order valence-electron chi connectivity index (χ2n) is 6.08. The minimum Gasteiger partial charge on any atom is -0.492 e. The van der Waals surface area contributed by atoms with Crippen molar-refractivity contribution in [1.82, 2.24) is 9.62 Å². The number of hydrogen-bond acceptors (Lipinski definition) is 4. The first-order chi connectivity index (χ1) is 10.3. The van der Waals surface area contributed by atoms with Gasteiger partial charge in [-0.3, -0.25) is 4.90 Å². The molecule has 0 amide bonds. The van der Waals surface area contributed by atoms with Gasteiger partial charge in [0.15, 0.2) is 0 Å². The molecule has 0 aromatic heterocycles. The molecular formula is C16H26N2O3S. The van der Waals surface area contributed by atoms with E-state index in [9.17, 15) is 8.42 Å². The van der Waals surface area contributed by atoms with Gasteiger partial charge in [-0.15, -0.1) is 0 Å². The van der Waals surface area contributed by atoms with E-state index in [0.29, 0.717) is 6.61 Å². The number of hydrogen-bond donors (Lipinski definition) is 1. The molecule has 0 unspecified atom stereocenters. The number of rotatable bonds is 6. The molecule has 0 atom stereocenters. The zero-order valence-corrected chi connectivity index (χ0v) is 14.4. The lowest BCUT2D eigenvalue weighted by atomic mass is 10.1. The molecule has 1 saturated heterocycles. The maximum Gasteiger partial charge on any atom is 0.208 e. The Balaban J connectivity index is 1.73. The van der Waals surface area contributed by atoms with Crippen LogP contribution in [-0.4, -0.2) is 51.9 Å². The third-order valence-corrected chi connectivity index (χ3v) is 4.79. The van der Waals surface area contributed by atoms with Crippen LogP contribution in [0.5, 0.6) is 5.75 Å². The van der Waals surface area contributed by atoms with Crippen molar-refractivity contribution in [3.8, 4) is 5.75 Å². The summed E-state index contributed by atoms with van der Waals surface area (Å²) in [7, 11) is -3.10. The first-order valence-corrected chi connectivity index (χ1v) is 9.63. The molecular weight excluding hydrogens is 300 g/mol. The van der Waals surface area contributed by atoms with Gasteiger partial charge in [-0.1, -0.05) is 18.2 Å². The number of ether oxygens (including phenoxy) is 1. The summed E-state index contributed by atoms with van der Waals surface area (Å²) in [4.78, 5) is 2.33. The van der Waals surface area contributed by atoms with Crippen LogP contribution in [0.1, 0.15) is 24.0 Å². The molecule has 6 heteroatoms. The highest BCUT2D eigenvalue weighted by molar-refractivity contribution is 7.88. The molecule has 1 fully saturated rings. The van der Waals surface area contributed by atoms with Crippen molar-refractivity contribution in [1.29, 1.82) is 0 Å². The van der Waals surface area contributed by atoms with Gasteiger partial charge in [0.1, 0.15) is 12.4 Å².